The fraction of sp³-hybridized carbons (Fsp3) is 0. The molecule has 0 aliphatic carbocycles. The van der Waals surface area contributed by atoms with Crippen molar-refractivity contribution in [2.45, 2.75) is 0 Å². The molecule has 0 amide bonds. The maximum Gasteiger partial charge on any atom is 0.164 e. The van der Waals surface area contributed by atoms with Crippen LogP contribution in [0, 0.1) is 0 Å². The zero-order valence-corrected chi connectivity index (χ0v) is 30.4. The number of para-hydroxylation sites is 3. The summed E-state index contributed by atoms with van der Waals surface area (Å²) in [6.07, 6.45) is 0. The summed E-state index contributed by atoms with van der Waals surface area (Å²) < 4.78 is 15.3. The highest BCUT2D eigenvalue weighted by Crippen LogP contribution is 2.42. The van der Waals surface area contributed by atoms with E-state index in [9.17, 15) is 0 Å². The summed E-state index contributed by atoms with van der Waals surface area (Å²) in [4.78, 5) is 15.5. The third-order valence-electron chi connectivity index (χ3n) is 11.1. The molecular formula is C51H30N4O2. The highest BCUT2D eigenvalue weighted by Gasteiger charge is 2.21. The van der Waals surface area contributed by atoms with Gasteiger partial charge in [0.15, 0.2) is 17.5 Å². The number of hydrogen-bond donors (Lipinski definition) is 0. The van der Waals surface area contributed by atoms with Gasteiger partial charge < -0.3 is 13.4 Å². The summed E-state index contributed by atoms with van der Waals surface area (Å²) >= 11 is 0. The Morgan fingerprint density at radius 3 is 1.77 bits per heavy atom. The number of furan rings is 2. The van der Waals surface area contributed by atoms with Gasteiger partial charge in [0.05, 0.1) is 11.0 Å². The molecule has 6 heteroatoms. The lowest BCUT2D eigenvalue weighted by molar-refractivity contribution is 0.669. The number of fused-ring (bicyclic) bond motifs is 9. The third-order valence-corrected chi connectivity index (χ3v) is 11.1. The van der Waals surface area contributed by atoms with Crippen molar-refractivity contribution in [1.82, 2.24) is 19.5 Å². The number of aromatic nitrogens is 4. The highest BCUT2D eigenvalue weighted by molar-refractivity contribution is 6.19. The first kappa shape index (κ1) is 31.5. The molecule has 12 rings (SSSR count). The molecule has 0 bridgehead atoms. The van der Waals surface area contributed by atoms with Gasteiger partial charge in [-0.3, -0.25) is 0 Å². The summed E-state index contributed by atoms with van der Waals surface area (Å²) in [5.41, 5.74) is 11.4. The van der Waals surface area contributed by atoms with E-state index in [1.165, 1.54) is 5.39 Å². The maximum atomic E-state index is 6.67. The van der Waals surface area contributed by atoms with Crippen molar-refractivity contribution in [3.05, 3.63) is 182 Å². The average molecular weight is 731 g/mol. The molecular weight excluding hydrogens is 701 g/mol. The van der Waals surface area contributed by atoms with Crippen molar-refractivity contribution < 1.29 is 8.83 Å². The van der Waals surface area contributed by atoms with Gasteiger partial charge in [0, 0.05) is 60.8 Å². The summed E-state index contributed by atoms with van der Waals surface area (Å²) in [6, 6.07) is 62.7. The average Bonchev–Trinajstić information content (AvgIpc) is 3.95. The minimum absolute atomic E-state index is 0.558. The van der Waals surface area contributed by atoms with Crippen LogP contribution in [-0.4, -0.2) is 19.5 Å². The molecule has 0 fully saturated rings. The molecule has 0 aliphatic rings. The second-order valence-corrected chi connectivity index (χ2v) is 14.4. The van der Waals surface area contributed by atoms with E-state index >= 15 is 0 Å². The van der Waals surface area contributed by atoms with Gasteiger partial charge in [0.1, 0.15) is 22.3 Å². The Balaban J connectivity index is 1.08. The quantitative estimate of drug-likeness (QED) is 0.176. The van der Waals surface area contributed by atoms with Crippen LogP contribution < -0.4 is 0 Å². The first-order valence-corrected chi connectivity index (χ1v) is 19.0. The van der Waals surface area contributed by atoms with Crippen molar-refractivity contribution >= 4 is 65.7 Å². The fourth-order valence-electron chi connectivity index (χ4n) is 8.39. The highest BCUT2D eigenvalue weighted by atomic mass is 16.3. The van der Waals surface area contributed by atoms with Crippen molar-refractivity contribution in [2.75, 3.05) is 0 Å². The van der Waals surface area contributed by atoms with E-state index < -0.39 is 0 Å². The number of hydrogen-bond acceptors (Lipinski definition) is 5. The molecule has 0 spiro atoms. The molecule has 0 atom stereocenters. The van der Waals surface area contributed by atoms with Gasteiger partial charge >= 0.3 is 0 Å². The monoisotopic (exact) mass is 730 g/mol. The fourth-order valence-corrected chi connectivity index (χ4v) is 8.39. The van der Waals surface area contributed by atoms with Crippen molar-refractivity contribution in [3.63, 3.8) is 0 Å². The summed E-state index contributed by atoms with van der Waals surface area (Å²) in [6.45, 7) is 0. The predicted molar refractivity (Wildman–Crippen MR) is 230 cm³/mol. The lowest BCUT2D eigenvalue weighted by atomic mass is 10.0. The topological polar surface area (TPSA) is 69.9 Å². The van der Waals surface area contributed by atoms with Gasteiger partial charge in [-0.2, -0.15) is 0 Å². The van der Waals surface area contributed by atoms with E-state index in [-0.39, 0.29) is 0 Å². The Labute approximate surface area is 325 Å². The van der Waals surface area contributed by atoms with Crippen LogP contribution in [0.15, 0.2) is 191 Å². The lowest BCUT2D eigenvalue weighted by Crippen LogP contribution is -2.00. The van der Waals surface area contributed by atoms with Crippen LogP contribution in [0.1, 0.15) is 0 Å². The Morgan fingerprint density at radius 1 is 0.333 bits per heavy atom. The molecule has 0 N–H and O–H groups in total. The Hall–Kier alpha value is -7.83. The van der Waals surface area contributed by atoms with Crippen LogP contribution >= 0.6 is 0 Å². The van der Waals surface area contributed by atoms with E-state index in [0.29, 0.717) is 17.5 Å². The van der Waals surface area contributed by atoms with Gasteiger partial charge in [0.2, 0.25) is 0 Å². The van der Waals surface area contributed by atoms with Gasteiger partial charge in [0.25, 0.3) is 0 Å². The van der Waals surface area contributed by atoms with E-state index in [2.05, 4.69) is 138 Å². The van der Waals surface area contributed by atoms with E-state index in [1.54, 1.807) is 0 Å². The molecule has 8 aromatic carbocycles. The molecule has 6 nitrogen and oxygen atoms in total. The van der Waals surface area contributed by atoms with Crippen LogP contribution in [0.5, 0.6) is 0 Å². The predicted octanol–water partition coefficient (Wildman–Crippen LogP) is 13.4. The second kappa shape index (κ2) is 12.3. The first-order chi connectivity index (χ1) is 28.2. The van der Waals surface area contributed by atoms with Crippen molar-refractivity contribution in [1.29, 1.82) is 0 Å². The molecule has 0 saturated carbocycles. The van der Waals surface area contributed by atoms with Crippen molar-refractivity contribution in [2.24, 2.45) is 0 Å². The largest absolute Gasteiger partial charge is 0.456 e. The second-order valence-electron chi connectivity index (χ2n) is 14.4. The van der Waals surface area contributed by atoms with Crippen LogP contribution in [0.2, 0.25) is 0 Å². The molecule has 4 aromatic heterocycles. The molecule has 0 aliphatic heterocycles. The van der Waals surface area contributed by atoms with Gasteiger partial charge in [-0.15, -0.1) is 0 Å². The maximum absolute atomic E-state index is 6.67. The smallest absolute Gasteiger partial charge is 0.164 e. The standard InChI is InChI=1S/C51H30N4O2/c1-3-12-31(13-4-1)32-22-24-33(25-23-32)49-52-50(34-26-27-38-37-17-8-10-20-44(37)56-46(38)28-34)54-51(53-49)39-18-11-21-45-48(39)41-29-40-36-16-7-9-19-42(36)55(35-14-5-2-6-15-35)43(40)30-47(41)57-45/h1-30H. The molecule has 57 heavy (non-hydrogen) atoms. The molecule has 0 saturated heterocycles. The molecule has 0 radical (unpaired) electrons. The first-order valence-electron chi connectivity index (χ1n) is 19.0. The Kier molecular flexibility index (Phi) is 6.83. The third kappa shape index (κ3) is 5.01. The van der Waals surface area contributed by atoms with Gasteiger partial charge in [-0.25, -0.2) is 15.0 Å². The molecule has 0 unspecified atom stereocenters. The Bertz CT molecular complexity index is 3510. The van der Waals surface area contributed by atoms with Crippen LogP contribution in [0.4, 0.5) is 0 Å². The zero-order chi connectivity index (χ0) is 37.5. The summed E-state index contributed by atoms with van der Waals surface area (Å²) in [5, 5.41) is 6.41. The van der Waals surface area contributed by atoms with E-state index in [1.807, 2.05) is 48.5 Å². The van der Waals surface area contributed by atoms with Gasteiger partial charge in [-0.05, 0) is 59.7 Å². The minimum atomic E-state index is 0.558. The minimum Gasteiger partial charge on any atom is -0.456 e. The van der Waals surface area contributed by atoms with E-state index in [0.717, 1.165) is 93.8 Å². The SMILES string of the molecule is c1ccc(-c2ccc(-c3nc(-c4ccc5c(c4)oc4ccccc45)nc(-c4cccc5oc6cc7c(cc6c45)c4ccccc4n7-c4ccccc4)n3)cc2)cc1. The van der Waals surface area contributed by atoms with Crippen LogP contribution in [0.3, 0.4) is 0 Å². The molecule has 12 aromatic rings. The lowest BCUT2D eigenvalue weighted by Gasteiger charge is -2.10. The zero-order valence-electron chi connectivity index (χ0n) is 30.4. The molecule has 266 valence electrons. The Morgan fingerprint density at radius 2 is 0.930 bits per heavy atom. The van der Waals surface area contributed by atoms with Gasteiger partial charge in [-0.1, -0.05) is 127 Å². The molecule has 4 heterocycles. The number of rotatable bonds is 5. The summed E-state index contributed by atoms with van der Waals surface area (Å²) in [5.74, 6) is 1.70. The normalized spacial score (nSPS) is 11.9. The summed E-state index contributed by atoms with van der Waals surface area (Å²) in [7, 11) is 0. The van der Waals surface area contributed by atoms with Crippen LogP contribution in [0.25, 0.3) is 117 Å². The van der Waals surface area contributed by atoms with Crippen LogP contribution in [-0.2, 0) is 0 Å². The van der Waals surface area contributed by atoms with Crippen molar-refractivity contribution in [3.8, 4) is 51.0 Å². The number of nitrogens with zero attached hydrogens (tertiary/aromatic N) is 4. The van der Waals surface area contributed by atoms with E-state index in [4.69, 9.17) is 23.8 Å². The number of benzene rings is 8.